The van der Waals surface area contributed by atoms with E-state index >= 15 is 0 Å². The molecule has 4 aliphatic rings. The Labute approximate surface area is 432 Å². The third kappa shape index (κ3) is 11.1. The van der Waals surface area contributed by atoms with Crippen molar-refractivity contribution in [2.45, 2.75) is 107 Å². The number of hydrogen-bond acceptors (Lipinski definition) is 12. The predicted octanol–water partition coefficient (Wildman–Crippen LogP) is 10.8. The zero-order chi connectivity index (χ0) is 51.1. The highest BCUT2D eigenvalue weighted by Crippen LogP contribution is 2.53. The first-order valence-corrected chi connectivity index (χ1v) is 27.5. The van der Waals surface area contributed by atoms with E-state index in [1.807, 2.05) is 31.2 Å². The van der Waals surface area contributed by atoms with Crippen LogP contribution < -0.4 is 19.7 Å². The van der Waals surface area contributed by atoms with Crippen LogP contribution in [-0.4, -0.2) is 95.0 Å². The van der Waals surface area contributed by atoms with E-state index in [0.717, 1.165) is 106 Å². The summed E-state index contributed by atoms with van der Waals surface area (Å²) in [6.07, 6.45) is 10.4. The average Bonchev–Trinajstić information content (AvgIpc) is 3.84. The number of amides is 1. The average molecular weight is 1030 g/mol. The summed E-state index contributed by atoms with van der Waals surface area (Å²) in [5.41, 5.74) is 4.71. The number of hydrogen-bond donors (Lipinski definition) is 4. The fourth-order valence-corrected chi connectivity index (χ4v) is 13.0. The topological polar surface area (TPSA) is 186 Å². The lowest BCUT2D eigenvalue weighted by Gasteiger charge is -2.58. The van der Waals surface area contributed by atoms with Gasteiger partial charge in [0.1, 0.15) is 22.8 Å². The number of fused-ring (bicyclic) bond motifs is 1. The number of aromatic amines is 1. The number of nitrogens with zero attached hydrogens (tertiary/aromatic N) is 5. The van der Waals surface area contributed by atoms with Gasteiger partial charge >= 0.3 is 0 Å². The van der Waals surface area contributed by atoms with Crippen molar-refractivity contribution in [1.29, 1.82) is 0 Å². The largest absolute Gasteiger partial charge is 0.455 e. The first kappa shape index (κ1) is 50.5. The predicted molar refractivity (Wildman–Crippen MR) is 285 cm³/mol. The number of piperidine rings is 1. The van der Waals surface area contributed by atoms with Gasteiger partial charge in [0.2, 0.25) is 0 Å². The molecular formula is C56H65ClN8O7S. The van der Waals surface area contributed by atoms with Crippen molar-refractivity contribution in [1.82, 2.24) is 24.5 Å². The summed E-state index contributed by atoms with van der Waals surface area (Å²) in [6.45, 7) is 12.1. The standard InChI is InChI=1S/C56H65ClN8O7S/c1-37(2)45-9-5-6-10-46(45)51-36-62(35-40-8-4-7-11-48(40)57)26-27-64(51)42-31-56(32-42)21-24-63(25-22-56)41-12-14-47(52(29-41)72-43-28-39-18-23-58-53(39)60-34-43)54(66)61-73(70,71)44-13-15-49(50(30-44)65(68)69)59-33-38-16-19-55(3,67)20-17-38/h4-15,18,23,28-30,34,37-38,42,51,59,67H,16-17,19-22,24-27,31-33,35-36H2,1-3H3,(H,58,60)(H,61,66)/t38-,51?,55-. The van der Waals surface area contributed by atoms with E-state index in [9.17, 15) is 28.4 Å². The van der Waals surface area contributed by atoms with Crippen LogP contribution in [0.5, 0.6) is 11.5 Å². The van der Waals surface area contributed by atoms with Gasteiger partial charge in [0, 0.05) is 92.3 Å². The van der Waals surface area contributed by atoms with Crippen molar-refractivity contribution in [3.05, 3.63) is 147 Å². The highest BCUT2D eigenvalue weighted by molar-refractivity contribution is 7.90. The van der Waals surface area contributed by atoms with Crippen molar-refractivity contribution >= 4 is 55.6 Å². The fraction of sp³-hybridized carbons (Fsp3) is 0.429. The molecular weight excluding hydrogens is 964 g/mol. The Hall–Kier alpha value is -6.04. The van der Waals surface area contributed by atoms with Crippen LogP contribution in [0, 0.1) is 21.4 Å². The number of halogens is 1. The van der Waals surface area contributed by atoms with Gasteiger partial charge in [0.25, 0.3) is 21.6 Å². The minimum atomic E-state index is -4.59. The number of sulfonamides is 1. The van der Waals surface area contributed by atoms with Crippen LogP contribution >= 0.6 is 11.6 Å². The summed E-state index contributed by atoms with van der Waals surface area (Å²) in [6, 6.07) is 30.2. The molecule has 0 radical (unpaired) electrons. The highest BCUT2D eigenvalue weighted by Gasteiger charge is 2.50. The van der Waals surface area contributed by atoms with E-state index in [0.29, 0.717) is 42.7 Å². The summed E-state index contributed by atoms with van der Waals surface area (Å²) in [7, 11) is -4.59. The zero-order valence-electron chi connectivity index (χ0n) is 41.7. The Morgan fingerprint density at radius 3 is 2.47 bits per heavy atom. The van der Waals surface area contributed by atoms with Crippen molar-refractivity contribution in [2.75, 3.05) is 49.5 Å². The molecule has 2 aromatic heterocycles. The van der Waals surface area contributed by atoms with E-state index in [1.165, 1.54) is 23.3 Å². The third-order valence-electron chi connectivity index (χ3n) is 16.1. The van der Waals surface area contributed by atoms with Gasteiger partial charge in [0.15, 0.2) is 0 Å². The van der Waals surface area contributed by atoms with Crippen LogP contribution in [0.15, 0.2) is 114 Å². The van der Waals surface area contributed by atoms with E-state index in [-0.39, 0.29) is 34.4 Å². The molecule has 2 saturated heterocycles. The molecule has 384 valence electrons. The molecule has 2 saturated carbocycles. The summed E-state index contributed by atoms with van der Waals surface area (Å²) >= 11 is 6.65. The molecule has 0 bridgehead atoms. The van der Waals surface area contributed by atoms with Crippen molar-refractivity contribution in [3.63, 3.8) is 0 Å². The number of aromatic nitrogens is 2. The molecule has 4 aromatic carbocycles. The molecule has 4 fully saturated rings. The van der Waals surface area contributed by atoms with Gasteiger partial charge in [0.05, 0.1) is 27.2 Å². The maximum Gasteiger partial charge on any atom is 0.293 e. The number of anilines is 2. The third-order valence-corrected chi connectivity index (χ3v) is 17.8. The van der Waals surface area contributed by atoms with E-state index in [4.69, 9.17) is 16.3 Å². The number of aliphatic hydroxyl groups is 1. The lowest BCUT2D eigenvalue weighted by atomic mass is 9.59. The number of carbonyl (C=O) groups excluding carboxylic acids is 1. The SMILES string of the molecule is CC(C)c1ccccc1C1CN(Cc2ccccc2Cl)CCN1C1CC2(CCN(c3ccc(C(=O)NS(=O)(=O)c4ccc(NC[C@H]5CC[C@](C)(O)CC5)c([N+](=O)[O-])c4)c(Oc4cnc5[nH]ccc5c4)c3)CC2)C1. The first-order chi connectivity index (χ1) is 35.0. The van der Waals surface area contributed by atoms with Crippen LogP contribution in [0.3, 0.4) is 0 Å². The second-order valence-electron chi connectivity index (χ2n) is 21.5. The van der Waals surface area contributed by atoms with Gasteiger partial charge in [-0.25, -0.2) is 18.1 Å². The lowest BCUT2D eigenvalue weighted by Crippen LogP contribution is -2.60. The normalized spacial score (nSPS) is 21.8. The molecule has 1 atom stereocenters. The number of benzene rings is 4. The molecule has 2 aliphatic carbocycles. The number of carbonyl (C=O) groups is 1. The molecule has 4 heterocycles. The number of rotatable bonds is 15. The summed E-state index contributed by atoms with van der Waals surface area (Å²) < 4.78 is 36.2. The van der Waals surface area contributed by atoms with Crippen LogP contribution in [0.4, 0.5) is 17.1 Å². The second-order valence-corrected chi connectivity index (χ2v) is 23.6. The molecule has 6 aromatic rings. The summed E-state index contributed by atoms with van der Waals surface area (Å²) in [5, 5.41) is 27.3. The van der Waals surface area contributed by atoms with Crippen molar-refractivity contribution in [2.24, 2.45) is 11.3 Å². The van der Waals surface area contributed by atoms with E-state index in [1.54, 1.807) is 30.6 Å². The van der Waals surface area contributed by atoms with Gasteiger partial charge in [-0.2, -0.15) is 0 Å². The Kier molecular flexibility index (Phi) is 14.3. The number of piperazine rings is 1. The minimum Gasteiger partial charge on any atom is -0.455 e. The molecule has 1 spiro atoms. The van der Waals surface area contributed by atoms with E-state index in [2.05, 4.69) is 85.0 Å². The number of pyridine rings is 1. The minimum absolute atomic E-state index is 0.0309. The van der Waals surface area contributed by atoms with Gasteiger partial charge < -0.3 is 25.0 Å². The Morgan fingerprint density at radius 1 is 0.959 bits per heavy atom. The van der Waals surface area contributed by atoms with Crippen molar-refractivity contribution < 1.29 is 28.0 Å². The second kappa shape index (κ2) is 20.7. The van der Waals surface area contributed by atoms with E-state index < -0.39 is 37.0 Å². The van der Waals surface area contributed by atoms with Gasteiger partial charge in [-0.1, -0.05) is 67.9 Å². The summed E-state index contributed by atoms with van der Waals surface area (Å²) in [5.74, 6) is 0.154. The fourth-order valence-electron chi connectivity index (χ4n) is 11.8. The molecule has 4 N–H and O–H groups in total. The highest BCUT2D eigenvalue weighted by atomic mass is 35.5. The maximum atomic E-state index is 14.1. The molecule has 17 heteroatoms. The molecule has 1 amide bonds. The van der Waals surface area contributed by atoms with Gasteiger partial charge in [-0.15, -0.1) is 0 Å². The molecule has 15 nitrogen and oxygen atoms in total. The first-order valence-electron chi connectivity index (χ1n) is 25.6. The van der Waals surface area contributed by atoms with Crippen LogP contribution in [0.25, 0.3) is 11.0 Å². The smallest absolute Gasteiger partial charge is 0.293 e. The summed E-state index contributed by atoms with van der Waals surface area (Å²) in [4.78, 5) is 40.4. The Morgan fingerprint density at radius 2 is 1.71 bits per heavy atom. The number of ether oxygens (including phenoxy) is 1. The Bertz CT molecular complexity index is 3100. The van der Waals surface area contributed by atoms with Crippen molar-refractivity contribution in [3.8, 4) is 11.5 Å². The maximum absolute atomic E-state index is 14.1. The molecule has 73 heavy (non-hydrogen) atoms. The van der Waals surface area contributed by atoms with Crippen LogP contribution in [-0.2, 0) is 16.6 Å². The number of H-pyrrole nitrogens is 1. The van der Waals surface area contributed by atoms with Gasteiger partial charge in [-0.3, -0.25) is 24.7 Å². The Balaban J connectivity index is 0.834. The number of nitro groups is 1. The number of nitrogens with one attached hydrogen (secondary N) is 3. The van der Waals surface area contributed by atoms with Gasteiger partial charge in [-0.05, 0) is 135 Å². The van der Waals surface area contributed by atoms with Crippen LogP contribution in [0.1, 0.15) is 111 Å². The monoisotopic (exact) mass is 1030 g/mol. The lowest BCUT2D eigenvalue weighted by molar-refractivity contribution is -0.384. The zero-order valence-corrected chi connectivity index (χ0v) is 43.3. The number of nitro benzene ring substituents is 1. The molecule has 10 rings (SSSR count). The molecule has 1 unspecified atom stereocenters. The van der Waals surface area contributed by atoms with Crippen LogP contribution in [0.2, 0.25) is 5.02 Å². The molecule has 2 aliphatic heterocycles. The quantitative estimate of drug-likeness (QED) is 0.0564.